The van der Waals surface area contributed by atoms with Crippen LogP contribution in [0.5, 0.6) is 5.75 Å². The molecule has 37 heavy (non-hydrogen) atoms. The summed E-state index contributed by atoms with van der Waals surface area (Å²) in [5, 5.41) is 9.45. The van der Waals surface area contributed by atoms with Crippen LogP contribution in [-0.4, -0.2) is 46.9 Å². The average Bonchev–Trinajstić information content (AvgIpc) is 2.84. The number of ether oxygens (including phenoxy) is 1. The molecule has 0 spiro atoms. The lowest BCUT2D eigenvalue weighted by Gasteiger charge is -2.21. The van der Waals surface area contributed by atoms with E-state index < -0.39 is 18.5 Å². The SMILES string of the molecule is Cl.NC(N)=Nc1ccc(C(=O)Oc2ccc(CC(=O)N(CCc3ccccc3)CC(=O)O)c(Cl)c2)cc1. The lowest BCUT2D eigenvalue weighted by molar-refractivity contribution is -0.144. The lowest BCUT2D eigenvalue weighted by atomic mass is 10.1. The van der Waals surface area contributed by atoms with E-state index in [1.807, 2.05) is 30.3 Å². The first kappa shape index (κ1) is 29.2. The second-order valence-corrected chi connectivity index (χ2v) is 8.25. The predicted molar refractivity (Wildman–Crippen MR) is 144 cm³/mol. The maximum Gasteiger partial charge on any atom is 0.343 e. The minimum Gasteiger partial charge on any atom is -0.480 e. The Morgan fingerprint density at radius 2 is 1.65 bits per heavy atom. The highest BCUT2D eigenvalue weighted by Gasteiger charge is 2.19. The van der Waals surface area contributed by atoms with E-state index in [1.165, 1.54) is 29.2 Å². The number of aliphatic carboxylic acids is 1. The quantitative estimate of drug-likeness (QED) is 0.153. The van der Waals surface area contributed by atoms with Gasteiger partial charge in [0.25, 0.3) is 0 Å². The van der Waals surface area contributed by atoms with Crippen molar-refractivity contribution in [2.75, 3.05) is 13.1 Å². The van der Waals surface area contributed by atoms with Crippen molar-refractivity contribution in [1.82, 2.24) is 4.90 Å². The van der Waals surface area contributed by atoms with Crippen molar-refractivity contribution in [3.8, 4) is 5.75 Å². The van der Waals surface area contributed by atoms with Crippen LogP contribution in [-0.2, 0) is 22.4 Å². The van der Waals surface area contributed by atoms with E-state index in [4.69, 9.17) is 27.8 Å². The Hall–Kier alpha value is -4.08. The first-order valence-electron chi connectivity index (χ1n) is 10.9. The molecule has 0 bridgehead atoms. The van der Waals surface area contributed by atoms with E-state index in [9.17, 15) is 19.5 Å². The zero-order valence-electron chi connectivity index (χ0n) is 19.7. The van der Waals surface area contributed by atoms with Crippen LogP contribution >= 0.6 is 24.0 Å². The van der Waals surface area contributed by atoms with Crippen molar-refractivity contribution >= 4 is 53.5 Å². The minimum absolute atomic E-state index is 0. The smallest absolute Gasteiger partial charge is 0.343 e. The molecule has 1 amide bonds. The first-order chi connectivity index (χ1) is 17.2. The van der Waals surface area contributed by atoms with Crippen LogP contribution in [0.15, 0.2) is 77.8 Å². The van der Waals surface area contributed by atoms with Gasteiger partial charge in [0, 0.05) is 11.6 Å². The summed E-state index contributed by atoms with van der Waals surface area (Å²) in [6.07, 6.45) is 0.427. The van der Waals surface area contributed by atoms with Crippen molar-refractivity contribution in [3.63, 3.8) is 0 Å². The number of nitrogens with two attached hydrogens (primary N) is 2. The Labute approximate surface area is 225 Å². The zero-order valence-corrected chi connectivity index (χ0v) is 21.2. The van der Waals surface area contributed by atoms with Gasteiger partial charge >= 0.3 is 11.9 Å². The molecule has 11 heteroatoms. The van der Waals surface area contributed by atoms with E-state index in [0.29, 0.717) is 17.7 Å². The molecule has 0 atom stereocenters. The second-order valence-electron chi connectivity index (χ2n) is 7.85. The van der Waals surface area contributed by atoms with Crippen LogP contribution in [0.3, 0.4) is 0 Å². The van der Waals surface area contributed by atoms with Crippen LogP contribution in [0.1, 0.15) is 21.5 Å². The van der Waals surface area contributed by atoms with Crippen molar-refractivity contribution in [3.05, 3.63) is 94.5 Å². The summed E-state index contributed by atoms with van der Waals surface area (Å²) in [5.41, 5.74) is 12.9. The number of benzene rings is 3. The fraction of sp³-hybridized carbons (Fsp3) is 0.154. The highest BCUT2D eigenvalue weighted by Crippen LogP contribution is 2.25. The summed E-state index contributed by atoms with van der Waals surface area (Å²) < 4.78 is 5.37. The third kappa shape index (κ3) is 9.14. The molecule has 3 aromatic carbocycles. The Balaban J connectivity index is 0.00000481. The lowest BCUT2D eigenvalue weighted by Crippen LogP contribution is -2.38. The molecule has 0 unspecified atom stereocenters. The summed E-state index contributed by atoms with van der Waals surface area (Å²) in [4.78, 5) is 41.7. The monoisotopic (exact) mass is 544 g/mol. The molecular formula is C26H26Cl2N4O5. The summed E-state index contributed by atoms with van der Waals surface area (Å²) in [7, 11) is 0. The third-order valence-corrected chi connectivity index (χ3v) is 5.48. The molecule has 0 saturated carbocycles. The van der Waals surface area contributed by atoms with E-state index in [0.717, 1.165) is 5.56 Å². The van der Waals surface area contributed by atoms with E-state index in [-0.39, 0.29) is 53.6 Å². The molecule has 5 N–H and O–H groups in total. The van der Waals surface area contributed by atoms with Crippen molar-refractivity contribution < 1.29 is 24.2 Å². The molecular weight excluding hydrogens is 519 g/mol. The van der Waals surface area contributed by atoms with Gasteiger partial charge in [-0.05, 0) is 53.9 Å². The normalized spacial score (nSPS) is 10.1. The molecule has 0 fully saturated rings. The van der Waals surface area contributed by atoms with Crippen LogP contribution in [0.2, 0.25) is 5.02 Å². The van der Waals surface area contributed by atoms with Crippen LogP contribution in [0, 0.1) is 0 Å². The van der Waals surface area contributed by atoms with Crippen molar-refractivity contribution in [1.29, 1.82) is 0 Å². The Morgan fingerprint density at radius 1 is 0.973 bits per heavy atom. The van der Waals surface area contributed by atoms with Gasteiger partial charge in [-0.25, -0.2) is 9.79 Å². The van der Waals surface area contributed by atoms with Crippen molar-refractivity contribution in [2.24, 2.45) is 16.5 Å². The number of carbonyl (C=O) groups is 3. The van der Waals surface area contributed by atoms with Gasteiger partial charge in [-0.15, -0.1) is 12.4 Å². The summed E-state index contributed by atoms with van der Waals surface area (Å²) in [5.74, 6) is -1.99. The largest absolute Gasteiger partial charge is 0.480 e. The van der Waals surface area contributed by atoms with Crippen molar-refractivity contribution in [2.45, 2.75) is 12.8 Å². The van der Waals surface area contributed by atoms with Gasteiger partial charge in [-0.3, -0.25) is 9.59 Å². The number of hydrogen-bond donors (Lipinski definition) is 3. The number of esters is 1. The predicted octanol–water partition coefficient (Wildman–Crippen LogP) is 3.58. The third-order valence-electron chi connectivity index (χ3n) is 5.13. The van der Waals surface area contributed by atoms with E-state index >= 15 is 0 Å². The van der Waals surface area contributed by atoms with Gasteiger partial charge < -0.3 is 26.2 Å². The number of halogens is 2. The number of carboxylic acid groups (broad SMARTS) is 1. The molecule has 3 aromatic rings. The molecule has 0 radical (unpaired) electrons. The number of guanidine groups is 1. The molecule has 3 rings (SSSR count). The number of aliphatic imine (C=N–C) groups is 1. The van der Waals surface area contributed by atoms with Crippen LogP contribution in [0.25, 0.3) is 0 Å². The molecule has 0 heterocycles. The molecule has 0 aromatic heterocycles. The van der Waals surface area contributed by atoms with Gasteiger partial charge in [-0.2, -0.15) is 0 Å². The average molecular weight is 545 g/mol. The number of hydrogen-bond acceptors (Lipinski definition) is 5. The van der Waals surface area contributed by atoms with Gasteiger partial charge in [-0.1, -0.05) is 48.0 Å². The number of nitrogens with zero attached hydrogens (tertiary/aromatic N) is 2. The Morgan fingerprint density at radius 3 is 2.24 bits per heavy atom. The molecule has 0 saturated heterocycles. The summed E-state index contributed by atoms with van der Waals surface area (Å²) >= 11 is 6.34. The number of carboxylic acids is 1. The fourth-order valence-corrected chi connectivity index (χ4v) is 3.60. The van der Waals surface area contributed by atoms with Crippen LogP contribution < -0.4 is 16.2 Å². The zero-order chi connectivity index (χ0) is 26.1. The van der Waals surface area contributed by atoms with E-state index in [1.54, 1.807) is 18.2 Å². The highest BCUT2D eigenvalue weighted by molar-refractivity contribution is 6.31. The fourth-order valence-electron chi connectivity index (χ4n) is 3.36. The number of carbonyl (C=O) groups excluding carboxylic acids is 2. The van der Waals surface area contributed by atoms with Gasteiger partial charge in [0.1, 0.15) is 12.3 Å². The molecule has 194 valence electrons. The maximum absolute atomic E-state index is 12.9. The molecule has 9 nitrogen and oxygen atoms in total. The highest BCUT2D eigenvalue weighted by atomic mass is 35.5. The van der Waals surface area contributed by atoms with Gasteiger partial charge in [0.2, 0.25) is 5.91 Å². The number of amides is 1. The molecule has 0 aliphatic rings. The second kappa shape index (κ2) is 13.9. The van der Waals surface area contributed by atoms with Gasteiger partial charge in [0.05, 0.1) is 17.7 Å². The van der Waals surface area contributed by atoms with Crippen LogP contribution in [0.4, 0.5) is 5.69 Å². The standard InChI is InChI=1S/C26H25ClN4O5.ClH/c27-22-15-21(36-25(35)18-6-9-20(10-7-18)30-26(28)29)11-8-19(22)14-23(32)31(16-24(33)34)13-12-17-4-2-1-3-5-17;/h1-11,15H,12-14,16H2,(H,33,34)(H4,28,29,30);1H. The summed E-state index contributed by atoms with van der Waals surface area (Å²) in [6, 6.07) is 20.2. The maximum atomic E-state index is 12.9. The Bertz CT molecular complexity index is 1260. The Kier molecular flexibility index (Phi) is 10.9. The van der Waals surface area contributed by atoms with Gasteiger partial charge in [0.15, 0.2) is 5.96 Å². The topological polar surface area (TPSA) is 148 Å². The molecule has 0 aliphatic heterocycles. The molecule has 0 aliphatic carbocycles. The summed E-state index contributed by atoms with van der Waals surface area (Å²) in [6.45, 7) is -0.161. The van der Waals surface area contributed by atoms with E-state index in [2.05, 4.69) is 4.99 Å². The minimum atomic E-state index is -1.10. The number of rotatable bonds is 10. The first-order valence-corrected chi connectivity index (χ1v) is 11.3.